The van der Waals surface area contributed by atoms with Gasteiger partial charge in [-0.3, -0.25) is 0 Å². The molecule has 0 bridgehead atoms. The molecule has 1 aromatic carbocycles. The van der Waals surface area contributed by atoms with Gasteiger partial charge in [0.25, 0.3) is 0 Å². The first-order valence-electron chi connectivity index (χ1n) is 5.03. The summed E-state index contributed by atoms with van der Waals surface area (Å²) in [5.74, 6) is -0.204. The number of benzene rings is 1. The van der Waals surface area contributed by atoms with Crippen molar-refractivity contribution < 1.29 is 4.39 Å². The highest BCUT2D eigenvalue weighted by molar-refractivity contribution is 9.10. The topological polar surface area (TPSA) is 12.0 Å². The summed E-state index contributed by atoms with van der Waals surface area (Å²) in [4.78, 5) is 0. The molecule has 1 N–H and O–H groups in total. The first-order valence-corrected chi connectivity index (χ1v) is 5.82. The van der Waals surface area contributed by atoms with Crippen LogP contribution in [0.1, 0.15) is 19.4 Å². The Hall–Kier alpha value is -0.410. The van der Waals surface area contributed by atoms with Crippen LogP contribution in [0.5, 0.6) is 0 Å². The largest absolute Gasteiger partial charge is 0.319 e. The van der Waals surface area contributed by atoms with E-state index in [1.54, 1.807) is 0 Å². The van der Waals surface area contributed by atoms with Crippen LogP contribution >= 0.6 is 15.9 Å². The molecule has 0 fully saturated rings. The van der Waals surface area contributed by atoms with Crippen LogP contribution < -0.4 is 5.32 Å². The van der Waals surface area contributed by atoms with Crippen molar-refractivity contribution in [1.29, 1.82) is 0 Å². The van der Waals surface area contributed by atoms with Gasteiger partial charge in [0.2, 0.25) is 0 Å². The van der Waals surface area contributed by atoms with Crippen molar-refractivity contribution in [3.8, 4) is 0 Å². The average molecular weight is 274 g/mol. The lowest BCUT2D eigenvalue weighted by Gasteiger charge is -2.24. The molecule has 0 aliphatic heterocycles. The molecular formula is C12H17BrFN. The summed E-state index contributed by atoms with van der Waals surface area (Å²) in [6.07, 6.45) is 0.937. The van der Waals surface area contributed by atoms with Crippen LogP contribution in [0.3, 0.4) is 0 Å². The molecule has 0 aliphatic rings. The van der Waals surface area contributed by atoms with Gasteiger partial charge >= 0.3 is 0 Å². The van der Waals surface area contributed by atoms with E-state index in [0.717, 1.165) is 18.5 Å². The van der Waals surface area contributed by atoms with Crippen molar-refractivity contribution in [2.45, 2.75) is 20.3 Å². The van der Waals surface area contributed by atoms with Gasteiger partial charge in [-0.05, 0) is 52.5 Å². The molecule has 0 radical (unpaired) electrons. The molecule has 1 aromatic rings. The Morgan fingerprint density at radius 3 is 2.60 bits per heavy atom. The first kappa shape index (κ1) is 12.7. The number of rotatable bonds is 4. The van der Waals surface area contributed by atoms with Gasteiger partial charge in [0.1, 0.15) is 5.82 Å². The van der Waals surface area contributed by atoms with Gasteiger partial charge in [-0.25, -0.2) is 4.39 Å². The van der Waals surface area contributed by atoms with Crippen LogP contribution in [0, 0.1) is 11.2 Å². The van der Waals surface area contributed by atoms with E-state index < -0.39 is 0 Å². The summed E-state index contributed by atoms with van der Waals surface area (Å²) in [5.41, 5.74) is 1.34. The third kappa shape index (κ3) is 3.92. The summed E-state index contributed by atoms with van der Waals surface area (Å²) in [6, 6.07) is 5.21. The molecule has 15 heavy (non-hydrogen) atoms. The minimum absolute atomic E-state index is 0.187. The standard InChI is InChI=1S/C12H17BrFN/c1-12(2,8-15-3)7-9-4-5-11(14)10(13)6-9/h4-6,15H,7-8H2,1-3H3. The Morgan fingerprint density at radius 2 is 2.07 bits per heavy atom. The normalized spacial score (nSPS) is 11.8. The number of hydrogen-bond acceptors (Lipinski definition) is 1. The summed E-state index contributed by atoms with van der Waals surface area (Å²) < 4.78 is 13.6. The number of hydrogen-bond donors (Lipinski definition) is 1. The third-order valence-corrected chi connectivity index (χ3v) is 2.93. The summed E-state index contributed by atoms with van der Waals surface area (Å²) >= 11 is 3.20. The summed E-state index contributed by atoms with van der Waals surface area (Å²) in [5, 5.41) is 3.17. The van der Waals surface area contributed by atoms with Crippen molar-refractivity contribution in [1.82, 2.24) is 5.32 Å². The Kier molecular flexibility index (Phi) is 4.29. The van der Waals surface area contributed by atoms with Gasteiger partial charge in [-0.15, -0.1) is 0 Å². The molecule has 1 nitrogen and oxygen atoms in total. The molecule has 0 aliphatic carbocycles. The highest BCUT2D eigenvalue weighted by Crippen LogP contribution is 2.24. The van der Waals surface area contributed by atoms with Crippen LogP contribution in [-0.4, -0.2) is 13.6 Å². The Balaban J connectivity index is 2.76. The molecule has 0 amide bonds. The van der Waals surface area contributed by atoms with Crippen LogP contribution in [0.2, 0.25) is 0 Å². The molecule has 0 atom stereocenters. The second-order valence-corrected chi connectivity index (χ2v) is 5.47. The maximum absolute atomic E-state index is 13.0. The second kappa shape index (κ2) is 5.08. The second-order valence-electron chi connectivity index (χ2n) is 4.62. The lowest BCUT2D eigenvalue weighted by molar-refractivity contribution is 0.349. The molecular weight excluding hydrogens is 257 g/mol. The molecule has 0 heterocycles. The minimum Gasteiger partial charge on any atom is -0.319 e. The number of nitrogens with one attached hydrogen (secondary N) is 1. The maximum Gasteiger partial charge on any atom is 0.137 e. The molecule has 0 unspecified atom stereocenters. The zero-order valence-electron chi connectivity index (χ0n) is 9.40. The summed E-state index contributed by atoms with van der Waals surface area (Å²) in [6.45, 7) is 5.34. The quantitative estimate of drug-likeness (QED) is 0.887. The van der Waals surface area contributed by atoms with Crippen molar-refractivity contribution >= 4 is 15.9 Å². The van der Waals surface area contributed by atoms with Gasteiger partial charge in [0.15, 0.2) is 0 Å². The first-order chi connectivity index (χ1) is 6.94. The van der Waals surface area contributed by atoms with E-state index in [1.165, 1.54) is 6.07 Å². The molecule has 0 saturated heterocycles. The number of halogens is 2. The van der Waals surface area contributed by atoms with Gasteiger partial charge in [-0.1, -0.05) is 19.9 Å². The van der Waals surface area contributed by atoms with E-state index in [1.807, 2.05) is 19.2 Å². The molecule has 0 saturated carbocycles. The Bertz CT molecular complexity index is 336. The lowest BCUT2D eigenvalue weighted by Crippen LogP contribution is -2.28. The molecule has 0 aromatic heterocycles. The van der Waals surface area contributed by atoms with Crippen molar-refractivity contribution in [3.63, 3.8) is 0 Å². The fourth-order valence-corrected chi connectivity index (χ4v) is 2.17. The predicted molar refractivity (Wildman–Crippen MR) is 65.5 cm³/mol. The zero-order chi connectivity index (χ0) is 11.5. The van der Waals surface area contributed by atoms with Crippen LogP contribution in [0.4, 0.5) is 4.39 Å². The maximum atomic E-state index is 13.0. The molecule has 1 rings (SSSR count). The third-order valence-electron chi connectivity index (χ3n) is 2.32. The van der Waals surface area contributed by atoms with Gasteiger partial charge in [-0.2, -0.15) is 0 Å². The molecule has 3 heteroatoms. The van der Waals surface area contributed by atoms with E-state index in [4.69, 9.17) is 0 Å². The van der Waals surface area contributed by atoms with E-state index in [9.17, 15) is 4.39 Å². The highest BCUT2D eigenvalue weighted by atomic mass is 79.9. The van der Waals surface area contributed by atoms with Gasteiger partial charge in [0, 0.05) is 6.54 Å². The SMILES string of the molecule is CNCC(C)(C)Cc1ccc(F)c(Br)c1. The fourth-order valence-electron chi connectivity index (χ4n) is 1.74. The van der Waals surface area contributed by atoms with Crippen LogP contribution in [0.25, 0.3) is 0 Å². The minimum atomic E-state index is -0.204. The highest BCUT2D eigenvalue weighted by Gasteiger charge is 2.17. The van der Waals surface area contributed by atoms with Crippen LogP contribution in [0.15, 0.2) is 22.7 Å². The van der Waals surface area contributed by atoms with E-state index in [-0.39, 0.29) is 11.2 Å². The molecule has 84 valence electrons. The zero-order valence-corrected chi connectivity index (χ0v) is 11.0. The van der Waals surface area contributed by atoms with Crippen molar-refractivity contribution in [2.75, 3.05) is 13.6 Å². The van der Waals surface area contributed by atoms with E-state index >= 15 is 0 Å². The van der Waals surface area contributed by atoms with Crippen molar-refractivity contribution in [3.05, 3.63) is 34.1 Å². The monoisotopic (exact) mass is 273 g/mol. The lowest BCUT2D eigenvalue weighted by atomic mass is 9.86. The van der Waals surface area contributed by atoms with Crippen LogP contribution in [-0.2, 0) is 6.42 Å². The predicted octanol–water partition coefficient (Wildman–Crippen LogP) is 3.38. The van der Waals surface area contributed by atoms with Crippen molar-refractivity contribution in [2.24, 2.45) is 5.41 Å². The summed E-state index contributed by atoms with van der Waals surface area (Å²) in [7, 11) is 1.95. The van der Waals surface area contributed by atoms with E-state index in [2.05, 4.69) is 35.1 Å². The van der Waals surface area contributed by atoms with Gasteiger partial charge < -0.3 is 5.32 Å². The molecule has 0 spiro atoms. The van der Waals surface area contributed by atoms with E-state index in [0.29, 0.717) is 4.47 Å². The van der Waals surface area contributed by atoms with Gasteiger partial charge in [0.05, 0.1) is 4.47 Å². The smallest absolute Gasteiger partial charge is 0.137 e. The fraction of sp³-hybridized carbons (Fsp3) is 0.500. The average Bonchev–Trinajstić information content (AvgIpc) is 2.10. The Labute approximate surface area is 99.2 Å². The Morgan fingerprint density at radius 1 is 1.40 bits per heavy atom.